The number of hydrogen-bond acceptors (Lipinski definition) is 12. The number of carbonyl (C=O) groups is 6. The van der Waals surface area contributed by atoms with Crippen molar-refractivity contribution in [3.63, 3.8) is 0 Å². The molecule has 0 aromatic heterocycles. The second-order valence-electron chi connectivity index (χ2n) is 5.16. The number of aliphatic imine (C=N–C) groups is 1. The van der Waals surface area contributed by atoms with E-state index in [2.05, 4.69) is 29.8 Å². The number of ether oxygens (including phenoxy) is 3. The van der Waals surface area contributed by atoms with E-state index in [1.807, 2.05) is 6.92 Å². The number of carbonyl (C=O) groups excluding carboxylic acids is 7. The van der Waals surface area contributed by atoms with Gasteiger partial charge in [-0.05, 0) is 13.3 Å². The molecule has 0 atom stereocenters. The van der Waals surface area contributed by atoms with Gasteiger partial charge in [-0.3, -0.25) is 19.2 Å². The number of methoxy groups -OCH3 is 1. The van der Waals surface area contributed by atoms with Gasteiger partial charge < -0.3 is 30.6 Å². The summed E-state index contributed by atoms with van der Waals surface area (Å²) >= 11 is 0. The van der Waals surface area contributed by atoms with Crippen molar-refractivity contribution in [2.24, 2.45) is 10.7 Å². The van der Waals surface area contributed by atoms with E-state index in [-0.39, 0.29) is 44.4 Å². The Balaban J connectivity index is -0.000000432. The minimum Gasteiger partial charge on any atom is -0.471 e. The quantitative estimate of drug-likeness (QED) is 0.137. The largest absolute Gasteiger partial charge is 0.471 e. The molecule has 14 heteroatoms. The molecule has 0 aromatic rings. The van der Waals surface area contributed by atoms with Crippen LogP contribution >= 0.6 is 0 Å². The second-order valence-corrected chi connectivity index (χ2v) is 5.16. The van der Waals surface area contributed by atoms with E-state index in [1.165, 1.54) is 20.1 Å². The number of rotatable bonds is 12. The third-order valence-electron chi connectivity index (χ3n) is 2.37. The molecule has 176 valence electrons. The van der Waals surface area contributed by atoms with E-state index in [0.717, 1.165) is 6.42 Å². The van der Waals surface area contributed by atoms with Crippen LogP contribution in [0.15, 0.2) is 4.99 Å². The topological polar surface area (TPSA) is 210 Å². The maximum atomic E-state index is 10.8. The van der Waals surface area contributed by atoms with Crippen LogP contribution in [-0.2, 0) is 38.2 Å². The Morgan fingerprint density at radius 1 is 1.03 bits per heavy atom. The van der Waals surface area contributed by atoms with Gasteiger partial charge >= 0.3 is 12.2 Å². The predicted octanol–water partition coefficient (Wildman–Crippen LogP) is -1.35. The number of nitrogens with two attached hydrogens (primary N) is 1. The highest BCUT2D eigenvalue weighted by atomic mass is 16.6. The number of ketones is 3. The average Bonchev–Trinajstić information content (AvgIpc) is 2.77. The Morgan fingerprint density at radius 2 is 1.55 bits per heavy atom. The average molecular weight is 448 g/mol. The van der Waals surface area contributed by atoms with E-state index >= 15 is 0 Å². The lowest BCUT2D eigenvalue weighted by atomic mass is 10.4. The van der Waals surface area contributed by atoms with Crippen LogP contribution in [0, 0.1) is 0 Å². The fourth-order valence-electron chi connectivity index (χ4n) is 1.04. The van der Waals surface area contributed by atoms with Gasteiger partial charge in [0.25, 0.3) is 6.47 Å². The van der Waals surface area contributed by atoms with E-state index in [9.17, 15) is 28.8 Å². The highest BCUT2D eigenvalue weighted by Gasteiger charge is 2.06. The van der Waals surface area contributed by atoms with Gasteiger partial charge in [-0.15, -0.1) is 0 Å². The summed E-state index contributed by atoms with van der Waals surface area (Å²) in [6, 6.07) is 0. The monoisotopic (exact) mass is 448 g/mol. The first kappa shape index (κ1) is 32.0. The molecule has 2 amide bonds. The van der Waals surface area contributed by atoms with Gasteiger partial charge in [-0.2, -0.15) is 4.99 Å². The van der Waals surface area contributed by atoms with E-state index in [1.54, 1.807) is 0 Å². The lowest BCUT2D eigenvalue weighted by molar-refractivity contribution is -0.126. The smallest absolute Gasteiger partial charge is 0.407 e. The molecule has 0 spiro atoms. The van der Waals surface area contributed by atoms with E-state index < -0.39 is 18.0 Å². The molecule has 0 saturated carbocycles. The standard InChI is InChI=1S/C8H12N2O4.C7H12N2O4.C2H4O2/c1-2-3-10-8(13)14-5-7(12)4-9-6-11;1-5(10)3-9-7(12)13-4-6(11)2-8;1-4-2-3/h2-5H2,1H3,(H,10,13);2-4,8H2,1H3,(H,9,12);2H,1H3. The van der Waals surface area contributed by atoms with Gasteiger partial charge in [-0.25, -0.2) is 14.4 Å². The Hall–Kier alpha value is -3.64. The van der Waals surface area contributed by atoms with Gasteiger partial charge in [-0.1, -0.05) is 6.92 Å². The SMILES string of the molecule is CC(=O)CNC(=O)OCC(=O)CN.CCCNC(=O)OCC(=O)CN=C=O.COC=O. The van der Waals surface area contributed by atoms with Crippen molar-refractivity contribution in [2.45, 2.75) is 20.3 Å². The summed E-state index contributed by atoms with van der Waals surface area (Å²) < 4.78 is 12.8. The Morgan fingerprint density at radius 3 is 1.97 bits per heavy atom. The zero-order valence-electron chi connectivity index (χ0n) is 17.6. The first-order valence-corrected chi connectivity index (χ1v) is 8.72. The zero-order valence-corrected chi connectivity index (χ0v) is 17.6. The molecule has 4 N–H and O–H groups in total. The van der Waals surface area contributed by atoms with Crippen molar-refractivity contribution in [3.05, 3.63) is 0 Å². The van der Waals surface area contributed by atoms with Crippen LogP contribution in [0.3, 0.4) is 0 Å². The molecule has 0 aliphatic heterocycles. The Labute approximate surface area is 178 Å². The maximum Gasteiger partial charge on any atom is 0.407 e. The van der Waals surface area contributed by atoms with Gasteiger partial charge in [0.2, 0.25) is 6.08 Å². The molecule has 0 bridgehead atoms. The van der Waals surface area contributed by atoms with Crippen LogP contribution in [0.1, 0.15) is 20.3 Å². The summed E-state index contributed by atoms with van der Waals surface area (Å²) in [6.07, 6.45) is 0.571. The summed E-state index contributed by atoms with van der Waals surface area (Å²) in [5.74, 6) is -1.01. The van der Waals surface area contributed by atoms with Crippen molar-refractivity contribution in [1.29, 1.82) is 0 Å². The number of nitrogens with one attached hydrogen (secondary N) is 2. The van der Waals surface area contributed by atoms with Crippen LogP contribution in [0.5, 0.6) is 0 Å². The Bertz CT molecular complexity index is 618. The summed E-state index contributed by atoms with van der Waals surface area (Å²) in [5, 5.41) is 4.58. The van der Waals surface area contributed by atoms with Crippen LogP contribution in [0.2, 0.25) is 0 Å². The third-order valence-corrected chi connectivity index (χ3v) is 2.37. The van der Waals surface area contributed by atoms with Crippen molar-refractivity contribution in [3.8, 4) is 0 Å². The predicted molar refractivity (Wildman–Crippen MR) is 105 cm³/mol. The number of Topliss-reactive ketones (excluding diaryl/α,β-unsaturated/α-hetero) is 3. The van der Waals surface area contributed by atoms with Gasteiger partial charge in [0.05, 0.1) is 20.2 Å². The van der Waals surface area contributed by atoms with Crippen LogP contribution in [0.25, 0.3) is 0 Å². The minimum absolute atomic E-state index is 0.102. The summed E-state index contributed by atoms with van der Waals surface area (Å²) in [7, 11) is 1.31. The van der Waals surface area contributed by atoms with Crippen LogP contribution in [-0.4, -0.2) is 88.6 Å². The first-order chi connectivity index (χ1) is 14.7. The molecule has 0 rings (SSSR count). The van der Waals surface area contributed by atoms with Crippen molar-refractivity contribution >= 4 is 42.1 Å². The molecule has 0 aliphatic rings. The lowest BCUT2D eigenvalue weighted by Gasteiger charge is -2.03. The molecule has 0 aliphatic carbocycles. The molecule has 31 heavy (non-hydrogen) atoms. The number of amides is 2. The van der Waals surface area contributed by atoms with Crippen molar-refractivity contribution in [2.75, 3.05) is 46.5 Å². The number of isocyanates is 1. The highest BCUT2D eigenvalue weighted by molar-refractivity contribution is 5.85. The fraction of sp³-hybridized carbons (Fsp3) is 0.588. The zero-order chi connectivity index (χ0) is 24.5. The highest BCUT2D eigenvalue weighted by Crippen LogP contribution is 1.82. The normalized spacial score (nSPS) is 8.39. The summed E-state index contributed by atoms with van der Waals surface area (Å²) in [5.41, 5.74) is 4.97. The maximum absolute atomic E-state index is 10.8. The summed E-state index contributed by atoms with van der Waals surface area (Å²) in [6.45, 7) is 2.79. The number of alkyl carbamates (subject to hydrolysis) is 2. The molecule has 14 nitrogen and oxygen atoms in total. The molecule has 0 fully saturated rings. The van der Waals surface area contributed by atoms with Crippen LogP contribution < -0.4 is 16.4 Å². The molecular weight excluding hydrogens is 420 g/mol. The molecule has 0 radical (unpaired) electrons. The van der Waals surface area contributed by atoms with Gasteiger partial charge in [0.15, 0.2) is 24.8 Å². The minimum atomic E-state index is -0.794. The number of nitrogens with zero attached hydrogens (tertiary/aromatic N) is 1. The fourth-order valence-corrected chi connectivity index (χ4v) is 1.04. The van der Waals surface area contributed by atoms with Gasteiger partial charge in [0.1, 0.15) is 12.3 Å². The second kappa shape index (κ2) is 24.4. The molecule has 0 saturated heterocycles. The first-order valence-electron chi connectivity index (χ1n) is 8.72. The summed E-state index contributed by atoms with van der Waals surface area (Å²) in [4.78, 5) is 74.8. The Kier molecular flexibility index (Phi) is 25.2. The molecule has 0 unspecified atom stereocenters. The third kappa shape index (κ3) is 31.3. The number of hydrogen-bond donors (Lipinski definition) is 3. The van der Waals surface area contributed by atoms with E-state index in [0.29, 0.717) is 13.0 Å². The van der Waals surface area contributed by atoms with Gasteiger partial charge in [0, 0.05) is 6.54 Å². The molecule has 0 heterocycles. The van der Waals surface area contributed by atoms with E-state index in [4.69, 9.17) is 10.5 Å². The lowest BCUT2D eigenvalue weighted by Crippen LogP contribution is -2.31. The molecule has 0 aromatic carbocycles. The van der Waals surface area contributed by atoms with Crippen molar-refractivity contribution in [1.82, 2.24) is 10.6 Å². The molecular formula is C17H28N4O10. The van der Waals surface area contributed by atoms with Crippen molar-refractivity contribution < 1.29 is 47.8 Å². The van der Waals surface area contributed by atoms with Crippen LogP contribution in [0.4, 0.5) is 9.59 Å².